The highest BCUT2D eigenvalue weighted by molar-refractivity contribution is 7.92. The number of carbonyl (C=O) groups is 1. The first-order chi connectivity index (χ1) is 14.7. The van der Waals surface area contributed by atoms with Crippen LogP contribution in [-0.2, 0) is 16.4 Å². The molecule has 0 fully saturated rings. The Morgan fingerprint density at radius 1 is 1.03 bits per heavy atom. The molecule has 5 nitrogen and oxygen atoms in total. The molecule has 1 aliphatic rings. The summed E-state index contributed by atoms with van der Waals surface area (Å²) in [6.45, 7) is 3.69. The van der Waals surface area contributed by atoms with Crippen molar-refractivity contribution in [2.45, 2.75) is 31.2 Å². The number of carbonyl (C=O) groups excluding carboxylic acids is 1. The van der Waals surface area contributed by atoms with Gasteiger partial charge in [-0.2, -0.15) is 0 Å². The second-order valence-electron chi connectivity index (χ2n) is 7.59. The van der Waals surface area contributed by atoms with E-state index in [0.717, 1.165) is 17.7 Å². The van der Waals surface area contributed by atoms with Crippen molar-refractivity contribution in [3.63, 3.8) is 0 Å². The summed E-state index contributed by atoms with van der Waals surface area (Å²) in [4.78, 5) is 12.8. The number of halogens is 2. The zero-order valence-electron chi connectivity index (χ0n) is 16.9. The van der Waals surface area contributed by atoms with Crippen molar-refractivity contribution in [3.05, 3.63) is 89.0 Å². The van der Waals surface area contributed by atoms with E-state index in [1.807, 2.05) is 6.92 Å². The molecule has 0 aromatic heterocycles. The Kier molecular flexibility index (Phi) is 5.26. The van der Waals surface area contributed by atoms with Gasteiger partial charge < -0.3 is 5.32 Å². The molecule has 0 aliphatic carbocycles. The van der Waals surface area contributed by atoms with E-state index in [-0.39, 0.29) is 22.2 Å². The third kappa shape index (κ3) is 3.90. The van der Waals surface area contributed by atoms with Crippen LogP contribution in [-0.4, -0.2) is 20.4 Å². The number of aryl methyl sites for hydroxylation is 1. The molecule has 0 saturated heterocycles. The first-order valence-electron chi connectivity index (χ1n) is 9.67. The van der Waals surface area contributed by atoms with Gasteiger partial charge >= 0.3 is 0 Å². The van der Waals surface area contributed by atoms with Crippen LogP contribution in [0.25, 0.3) is 0 Å². The molecule has 1 N–H and O–H groups in total. The lowest BCUT2D eigenvalue weighted by Gasteiger charge is -2.24. The Balaban J connectivity index is 1.63. The summed E-state index contributed by atoms with van der Waals surface area (Å²) in [5.41, 5.74) is 2.29. The summed E-state index contributed by atoms with van der Waals surface area (Å²) in [6, 6.07) is 13.9. The molecule has 31 heavy (non-hydrogen) atoms. The first kappa shape index (κ1) is 21.0. The molecule has 1 atom stereocenters. The highest BCUT2D eigenvalue weighted by Gasteiger charge is 2.36. The summed E-state index contributed by atoms with van der Waals surface area (Å²) >= 11 is 0. The SMILES string of the molecule is Cc1ccc(S(=O)(=O)N2c3ccc(C(=O)Nc4ccc(F)cc4F)cc3C[C@H]2C)cc1. The molecule has 1 amide bonds. The van der Waals surface area contributed by atoms with Crippen molar-refractivity contribution in [2.75, 3.05) is 9.62 Å². The fourth-order valence-corrected chi connectivity index (χ4v) is 5.41. The summed E-state index contributed by atoms with van der Waals surface area (Å²) in [7, 11) is -3.76. The number of rotatable bonds is 4. The minimum atomic E-state index is -3.76. The number of anilines is 2. The molecule has 1 heterocycles. The zero-order chi connectivity index (χ0) is 22.3. The molecule has 160 valence electrons. The van der Waals surface area contributed by atoms with Crippen molar-refractivity contribution in [2.24, 2.45) is 0 Å². The van der Waals surface area contributed by atoms with E-state index in [4.69, 9.17) is 0 Å². The smallest absolute Gasteiger partial charge is 0.264 e. The average molecular weight is 442 g/mol. The van der Waals surface area contributed by atoms with E-state index in [2.05, 4.69) is 5.32 Å². The second-order valence-corrected chi connectivity index (χ2v) is 9.40. The molecule has 3 aromatic carbocycles. The Morgan fingerprint density at radius 2 is 1.74 bits per heavy atom. The van der Waals surface area contributed by atoms with Gasteiger partial charge in [-0.05, 0) is 68.3 Å². The van der Waals surface area contributed by atoms with Crippen molar-refractivity contribution >= 4 is 27.3 Å². The van der Waals surface area contributed by atoms with E-state index in [0.29, 0.717) is 23.7 Å². The number of fused-ring (bicyclic) bond motifs is 1. The normalized spacial score (nSPS) is 15.6. The number of sulfonamides is 1. The van der Waals surface area contributed by atoms with Crippen LogP contribution in [0, 0.1) is 18.6 Å². The van der Waals surface area contributed by atoms with Crippen LogP contribution in [0.3, 0.4) is 0 Å². The fourth-order valence-electron chi connectivity index (χ4n) is 3.72. The van der Waals surface area contributed by atoms with Crippen LogP contribution in [0.5, 0.6) is 0 Å². The van der Waals surface area contributed by atoms with Crippen LogP contribution >= 0.6 is 0 Å². The number of hydrogen-bond donors (Lipinski definition) is 1. The van der Waals surface area contributed by atoms with Crippen molar-refractivity contribution < 1.29 is 22.0 Å². The molecule has 0 spiro atoms. The van der Waals surface area contributed by atoms with Crippen LogP contribution < -0.4 is 9.62 Å². The standard InChI is InChI=1S/C23H20F2N2O3S/c1-14-3-7-19(8-4-14)31(29,30)27-15(2)11-17-12-16(5-10-22(17)27)23(28)26-21-9-6-18(24)13-20(21)25/h3-10,12-13,15H,11H2,1-2H3,(H,26,28)/t15-/m1/s1. The zero-order valence-corrected chi connectivity index (χ0v) is 17.7. The summed E-state index contributed by atoms with van der Waals surface area (Å²) in [5.74, 6) is -2.18. The Morgan fingerprint density at radius 3 is 2.42 bits per heavy atom. The summed E-state index contributed by atoms with van der Waals surface area (Å²) in [6.07, 6.45) is 0.437. The minimum absolute atomic E-state index is 0.135. The molecular formula is C23H20F2N2O3S. The van der Waals surface area contributed by atoms with Crippen molar-refractivity contribution in [3.8, 4) is 0 Å². The van der Waals surface area contributed by atoms with Crippen LogP contribution in [0.4, 0.5) is 20.2 Å². The topological polar surface area (TPSA) is 66.5 Å². The van der Waals surface area contributed by atoms with E-state index >= 15 is 0 Å². The van der Waals surface area contributed by atoms with Gasteiger partial charge in [-0.25, -0.2) is 17.2 Å². The average Bonchev–Trinajstić information content (AvgIpc) is 3.06. The molecule has 0 unspecified atom stereocenters. The lowest BCUT2D eigenvalue weighted by atomic mass is 10.1. The Bertz CT molecular complexity index is 1270. The number of benzene rings is 3. The molecular weight excluding hydrogens is 422 g/mol. The number of amides is 1. The van der Waals surface area contributed by atoms with Gasteiger partial charge in [0.05, 0.1) is 16.3 Å². The largest absolute Gasteiger partial charge is 0.319 e. The molecule has 3 aromatic rings. The van der Waals surface area contributed by atoms with Gasteiger partial charge in [-0.1, -0.05) is 17.7 Å². The Hall–Kier alpha value is -3.26. The van der Waals surface area contributed by atoms with Crippen molar-refractivity contribution in [1.82, 2.24) is 0 Å². The number of nitrogens with zero attached hydrogens (tertiary/aromatic N) is 1. The van der Waals surface area contributed by atoms with E-state index in [1.165, 1.54) is 10.4 Å². The van der Waals surface area contributed by atoms with Crippen LogP contribution in [0.1, 0.15) is 28.4 Å². The molecule has 1 aliphatic heterocycles. The van der Waals surface area contributed by atoms with Crippen LogP contribution in [0.15, 0.2) is 65.6 Å². The highest BCUT2D eigenvalue weighted by Crippen LogP contribution is 2.37. The van der Waals surface area contributed by atoms with Gasteiger partial charge in [0.2, 0.25) is 0 Å². The predicted octanol–water partition coefficient (Wildman–Crippen LogP) is 4.67. The third-order valence-corrected chi connectivity index (χ3v) is 7.19. The third-order valence-electron chi connectivity index (χ3n) is 5.25. The lowest BCUT2D eigenvalue weighted by Crippen LogP contribution is -2.35. The number of hydrogen-bond acceptors (Lipinski definition) is 3. The van der Waals surface area contributed by atoms with Gasteiger partial charge in [0, 0.05) is 17.7 Å². The van der Waals surface area contributed by atoms with Gasteiger partial charge in [-0.3, -0.25) is 9.10 Å². The van der Waals surface area contributed by atoms with Crippen molar-refractivity contribution in [1.29, 1.82) is 0 Å². The summed E-state index contributed by atoms with van der Waals surface area (Å²) < 4.78 is 54.7. The molecule has 4 rings (SSSR count). The molecule has 0 saturated carbocycles. The maximum Gasteiger partial charge on any atom is 0.264 e. The fraction of sp³-hybridized carbons (Fsp3) is 0.174. The highest BCUT2D eigenvalue weighted by atomic mass is 32.2. The van der Waals surface area contributed by atoms with E-state index < -0.39 is 27.6 Å². The summed E-state index contributed by atoms with van der Waals surface area (Å²) in [5, 5.41) is 2.42. The molecule has 0 bridgehead atoms. The predicted molar refractivity (Wildman–Crippen MR) is 115 cm³/mol. The van der Waals surface area contributed by atoms with E-state index in [1.54, 1.807) is 43.3 Å². The molecule has 8 heteroatoms. The minimum Gasteiger partial charge on any atom is -0.319 e. The first-order valence-corrected chi connectivity index (χ1v) is 11.1. The van der Waals surface area contributed by atoms with Gasteiger partial charge in [0.25, 0.3) is 15.9 Å². The second kappa shape index (κ2) is 7.77. The number of nitrogens with one attached hydrogen (secondary N) is 1. The van der Waals surface area contributed by atoms with Gasteiger partial charge in [0.15, 0.2) is 0 Å². The lowest BCUT2D eigenvalue weighted by molar-refractivity contribution is 0.102. The van der Waals surface area contributed by atoms with Gasteiger partial charge in [0.1, 0.15) is 11.6 Å². The Labute approximate surface area is 179 Å². The quantitative estimate of drug-likeness (QED) is 0.639. The monoisotopic (exact) mass is 442 g/mol. The molecule has 0 radical (unpaired) electrons. The van der Waals surface area contributed by atoms with Crippen LogP contribution in [0.2, 0.25) is 0 Å². The van der Waals surface area contributed by atoms with E-state index in [9.17, 15) is 22.0 Å². The maximum atomic E-state index is 13.8. The van der Waals surface area contributed by atoms with Gasteiger partial charge in [-0.15, -0.1) is 0 Å². The maximum absolute atomic E-state index is 13.8.